The van der Waals surface area contributed by atoms with Gasteiger partial charge in [0.05, 0.1) is 6.33 Å². The summed E-state index contributed by atoms with van der Waals surface area (Å²) in [4.78, 5) is 8.62. The molecule has 1 rings (SSSR count). The van der Waals surface area contributed by atoms with Crippen molar-refractivity contribution in [2.75, 3.05) is 19.6 Å². The van der Waals surface area contributed by atoms with Gasteiger partial charge in [-0.1, -0.05) is 13.8 Å². The Hall–Kier alpha value is -1.52. The fourth-order valence-corrected chi connectivity index (χ4v) is 1.92. The summed E-state index contributed by atoms with van der Waals surface area (Å²) in [6.45, 7) is 10.3. The van der Waals surface area contributed by atoms with Crippen molar-refractivity contribution in [1.82, 2.24) is 20.2 Å². The van der Waals surface area contributed by atoms with Crippen molar-refractivity contribution in [1.29, 1.82) is 0 Å². The summed E-state index contributed by atoms with van der Waals surface area (Å²) in [5, 5.41) is 6.67. The molecule has 0 saturated heterocycles. The molecular formula is C15H29N5. The molecule has 0 fully saturated rings. The molecule has 2 N–H and O–H groups in total. The third kappa shape index (κ3) is 7.81. The van der Waals surface area contributed by atoms with E-state index in [1.807, 2.05) is 18.7 Å². The number of aliphatic imine (C=N–C) groups is 1. The first-order valence-corrected chi connectivity index (χ1v) is 7.70. The van der Waals surface area contributed by atoms with E-state index in [1.54, 1.807) is 0 Å². The van der Waals surface area contributed by atoms with E-state index in [2.05, 4.69) is 45.9 Å². The smallest absolute Gasteiger partial charge is 0.191 e. The van der Waals surface area contributed by atoms with E-state index < -0.39 is 0 Å². The van der Waals surface area contributed by atoms with Gasteiger partial charge in [0.15, 0.2) is 5.96 Å². The minimum absolute atomic E-state index is 0.770. The highest BCUT2D eigenvalue weighted by atomic mass is 15.2. The molecule has 0 unspecified atom stereocenters. The van der Waals surface area contributed by atoms with Crippen molar-refractivity contribution >= 4 is 5.96 Å². The van der Waals surface area contributed by atoms with Gasteiger partial charge < -0.3 is 15.2 Å². The Morgan fingerprint density at radius 1 is 1.30 bits per heavy atom. The Morgan fingerprint density at radius 3 is 2.80 bits per heavy atom. The Morgan fingerprint density at radius 2 is 2.15 bits per heavy atom. The van der Waals surface area contributed by atoms with Gasteiger partial charge in [-0.15, -0.1) is 0 Å². The van der Waals surface area contributed by atoms with E-state index in [0.717, 1.165) is 44.5 Å². The quantitative estimate of drug-likeness (QED) is 0.414. The largest absolute Gasteiger partial charge is 0.357 e. The highest BCUT2D eigenvalue weighted by molar-refractivity contribution is 5.79. The number of hydrogen-bond donors (Lipinski definition) is 2. The van der Waals surface area contributed by atoms with Gasteiger partial charge in [0.1, 0.15) is 0 Å². The van der Waals surface area contributed by atoms with Gasteiger partial charge in [-0.05, 0) is 32.1 Å². The second-order valence-electron chi connectivity index (χ2n) is 5.38. The number of nitrogens with one attached hydrogen (secondary N) is 2. The van der Waals surface area contributed by atoms with Crippen LogP contribution < -0.4 is 10.6 Å². The highest BCUT2D eigenvalue weighted by Crippen LogP contribution is 2.01. The number of aromatic nitrogens is 2. The van der Waals surface area contributed by atoms with E-state index in [9.17, 15) is 0 Å². The summed E-state index contributed by atoms with van der Waals surface area (Å²) in [5.41, 5.74) is 0. The Balaban J connectivity index is 2.20. The second-order valence-corrected chi connectivity index (χ2v) is 5.38. The van der Waals surface area contributed by atoms with Crippen molar-refractivity contribution in [2.45, 2.75) is 46.6 Å². The third-order valence-electron chi connectivity index (χ3n) is 3.00. The summed E-state index contributed by atoms with van der Waals surface area (Å²) in [6.07, 6.45) is 9.12. The van der Waals surface area contributed by atoms with Gasteiger partial charge in [-0.25, -0.2) is 4.98 Å². The predicted octanol–water partition coefficient (Wildman–Crippen LogP) is 2.26. The topological polar surface area (TPSA) is 54.2 Å². The number of rotatable bonds is 9. The Bertz CT molecular complexity index is 356. The van der Waals surface area contributed by atoms with Crippen LogP contribution in [0.1, 0.15) is 40.0 Å². The van der Waals surface area contributed by atoms with Gasteiger partial charge in [-0.3, -0.25) is 4.99 Å². The van der Waals surface area contributed by atoms with E-state index in [0.29, 0.717) is 0 Å². The molecule has 0 saturated carbocycles. The van der Waals surface area contributed by atoms with Gasteiger partial charge in [0.25, 0.3) is 0 Å². The number of guanidine groups is 1. The molecule has 0 aliphatic heterocycles. The summed E-state index contributed by atoms with van der Waals surface area (Å²) >= 11 is 0. The van der Waals surface area contributed by atoms with Crippen molar-refractivity contribution in [3.8, 4) is 0 Å². The summed E-state index contributed by atoms with van der Waals surface area (Å²) in [7, 11) is 0. The summed E-state index contributed by atoms with van der Waals surface area (Å²) < 4.78 is 2.08. The molecule has 1 heterocycles. The van der Waals surface area contributed by atoms with Gasteiger partial charge in [0.2, 0.25) is 0 Å². The standard InChI is InChI=1S/C15H29N5/c1-4-17-15(18-8-5-7-14(2)3)19-9-6-11-20-12-10-16-13-20/h10,12-14H,4-9,11H2,1-3H3,(H2,17,18,19). The normalized spacial score (nSPS) is 11.9. The van der Waals surface area contributed by atoms with Crippen molar-refractivity contribution in [3.05, 3.63) is 18.7 Å². The molecule has 0 aliphatic rings. The molecule has 114 valence electrons. The van der Waals surface area contributed by atoms with E-state index >= 15 is 0 Å². The fourth-order valence-electron chi connectivity index (χ4n) is 1.92. The van der Waals surface area contributed by atoms with Crippen LogP contribution >= 0.6 is 0 Å². The van der Waals surface area contributed by atoms with Crippen LogP contribution in [0.25, 0.3) is 0 Å². The maximum atomic E-state index is 4.59. The molecule has 20 heavy (non-hydrogen) atoms. The maximum absolute atomic E-state index is 4.59. The van der Waals surface area contributed by atoms with Crippen LogP contribution in [0.15, 0.2) is 23.7 Å². The highest BCUT2D eigenvalue weighted by Gasteiger charge is 1.98. The summed E-state index contributed by atoms with van der Waals surface area (Å²) in [6, 6.07) is 0. The van der Waals surface area contributed by atoms with Crippen LogP contribution in [0.2, 0.25) is 0 Å². The number of aryl methyl sites for hydroxylation is 1. The Kier molecular flexibility index (Phi) is 8.51. The zero-order valence-corrected chi connectivity index (χ0v) is 13.1. The van der Waals surface area contributed by atoms with Crippen LogP contribution in [0, 0.1) is 5.92 Å². The van der Waals surface area contributed by atoms with Crippen molar-refractivity contribution in [2.24, 2.45) is 10.9 Å². The molecule has 0 bridgehead atoms. The molecular weight excluding hydrogens is 250 g/mol. The monoisotopic (exact) mass is 279 g/mol. The second kappa shape index (κ2) is 10.3. The molecule has 0 aliphatic carbocycles. The molecule has 5 heteroatoms. The maximum Gasteiger partial charge on any atom is 0.191 e. The van der Waals surface area contributed by atoms with Crippen LogP contribution in [0.3, 0.4) is 0 Å². The molecule has 0 atom stereocenters. The molecule has 0 spiro atoms. The fraction of sp³-hybridized carbons (Fsp3) is 0.733. The van der Waals surface area contributed by atoms with Crippen LogP contribution in [-0.4, -0.2) is 35.1 Å². The lowest BCUT2D eigenvalue weighted by Gasteiger charge is -2.12. The molecule has 1 aromatic heterocycles. The first-order valence-electron chi connectivity index (χ1n) is 7.70. The lowest BCUT2D eigenvalue weighted by Crippen LogP contribution is -2.38. The minimum Gasteiger partial charge on any atom is -0.357 e. The average Bonchev–Trinajstić information content (AvgIpc) is 2.92. The van der Waals surface area contributed by atoms with Crippen molar-refractivity contribution in [3.63, 3.8) is 0 Å². The molecule has 5 nitrogen and oxygen atoms in total. The zero-order valence-electron chi connectivity index (χ0n) is 13.1. The van der Waals surface area contributed by atoms with E-state index in [-0.39, 0.29) is 0 Å². The third-order valence-corrected chi connectivity index (χ3v) is 3.00. The lowest BCUT2D eigenvalue weighted by molar-refractivity contribution is 0.549. The average molecular weight is 279 g/mol. The van der Waals surface area contributed by atoms with Crippen LogP contribution in [0.4, 0.5) is 0 Å². The van der Waals surface area contributed by atoms with Gasteiger partial charge in [0, 0.05) is 38.6 Å². The number of hydrogen-bond acceptors (Lipinski definition) is 2. The van der Waals surface area contributed by atoms with Gasteiger partial charge in [-0.2, -0.15) is 0 Å². The molecule has 1 aromatic rings. The predicted molar refractivity (Wildman–Crippen MR) is 84.9 cm³/mol. The first-order chi connectivity index (χ1) is 9.72. The van der Waals surface area contributed by atoms with E-state index in [4.69, 9.17) is 0 Å². The number of imidazole rings is 1. The van der Waals surface area contributed by atoms with Gasteiger partial charge >= 0.3 is 0 Å². The van der Waals surface area contributed by atoms with Crippen LogP contribution in [-0.2, 0) is 6.54 Å². The lowest BCUT2D eigenvalue weighted by atomic mass is 10.1. The molecule has 0 amide bonds. The SMILES string of the molecule is CCNC(=NCCCn1ccnc1)NCCCC(C)C. The van der Waals surface area contributed by atoms with Crippen molar-refractivity contribution < 1.29 is 0 Å². The minimum atomic E-state index is 0.770. The molecule has 0 aromatic carbocycles. The number of nitrogens with zero attached hydrogens (tertiary/aromatic N) is 3. The van der Waals surface area contributed by atoms with E-state index in [1.165, 1.54) is 12.8 Å². The summed E-state index contributed by atoms with van der Waals surface area (Å²) in [5.74, 6) is 1.70. The zero-order chi connectivity index (χ0) is 14.6. The Labute approximate surface area is 122 Å². The first kappa shape index (κ1) is 16.5. The molecule has 0 radical (unpaired) electrons. The van der Waals surface area contributed by atoms with Crippen LogP contribution in [0.5, 0.6) is 0 Å².